The molecule has 0 aliphatic heterocycles. The molecule has 1 heteroatoms. The van der Waals surface area contributed by atoms with Crippen LogP contribution in [0.15, 0.2) is 237 Å². The van der Waals surface area contributed by atoms with Gasteiger partial charge in [-0.1, -0.05) is 214 Å². The van der Waals surface area contributed by atoms with Crippen molar-refractivity contribution in [1.29, 1.82) is 0 Å². The summed E-state index contributed by atoms with van der Waals surface area (Å²) in [6.07, 6.45) is 0. The van der Waals surface area contributed by atoms with Gasteiger partial charge in [-0.25, -0.2) is 0 Å². The molecular weight excluding hydrogens is 795 g/mol. The van der Waals surface area contributed by atoms with Crippen LogP contribution < -0.4 is 4.90 Å². The summed E-state index contributed by atoms with van der Waals surface area (Å²) in [6.45, 7) is 4.75. The highest BCUT2D eigenvalue weighted by Crippen LogP contribution is 2.68. The van der Waals surface area contributed by atoms with Gasteiger partial charge in [-0.05, 0) is 131 Å². The molecule has 0 aromatic heterocycles. The predicted molar refractivity (Wildman–Crippen MR) is 272 cm³/mol. The largest absolute Gasteiger partial charge is 0.310 e. The molecule has 10 aromatic rings. The molecule has 66 heavy (non-hydrogen) atoms. The van der Waals surface area contributed by atoms with Crippen LogP contribution in [-0.2, 0) is 16.2 Å². The Kier molecular flexibility index (Phi) is 7.66. The summed E-state index contributed by atoms with van der Waals surface area (Å²) in [5, 5.41) is 0. The van der Waals surface area contributed by atoms with Gasteiger partial charge in [-0.3, -0.25) is 0 Å². The van der Waals surface area contributed by atoms with E-state index in [1.54, 1.807) is 0 Å². The Bertz CT molecular complexity index is 3550. The summed E-state index contributed by atoms with van der Waals surface area (Å²) in [6, 6.07) is 89.6. The fraction of sp³-hybridized carbons (Fsp3) is 0.0769. The fourth-order valence-corrected chi connectivity index (χ4v) is 13.2. The van der Waals surface area contributed by atoms with Gasteiger partial charge in [0.2, 0.25) is 0 Å². The van der Waals surface area contributed by atoms with Gasteiger partial charge >= 0.3 is 0 Å². The van der Waals surface area contributed by atoms with Crippen molar-refractivity contribution in [2.45, 2.75) is 30.1 Å². The second-order valence-corrected chi connectivity index (χ2v) is 19.1. The molecule has 0 amide bonds. The van der Waals surface area contributed by atoms with Gasteiger partial charge in [0.1, 0.15) is 0 Å². The van der Waals surface area contributed by atoms with E-state index >= 15 is 0 Å². The van der Waals surface area contributed by atoms with E-state index in [0.29, 0.717) is 0 Å². The third kappa shape index (κ3) is 4.64. The Balaban J connectivity index is 1.08. The van der Waals surface area contributed by atoms with Crippen LogP contribution in [-0.4, -0.2) is 0 Å². The molecule has 14 rings (SSSR count). The first-order chi connectivity index (χ1) is 32.5. The Labute approximate surface area is 387 Å². The van der Waals surface area contributed by atoms with Crippen LogP contribution in [0.2, 0.25) is 0 Å². The molecule has 4 aliphatic carbocycles. The lowest BCUT2D eigenvalue weighted by Crippen LogP contribution is -2.43. The first-order valence-electron chi connectivity index (χ1n) is 23.3. The Morgan fingerprint density at radius 3 is 1.20 bits per heavy atom. The molecule has 0 heterocycles. The zero-order chi connectivity index (χ0) is 43.8. The maximum Gasteiger partial charge on any atom is 0.0720 e. The van der Waals surface area contributed by atoms with Crippen LogP contribution >= 0.6 is 0 Å². The van der Waals surface area contributed by atoms with Crippen molar-refractivity contribution in [1.82, 2.24) is 0 Å². The van der Waals surface area contributed by atoms with E-state index < -0.39 is 10.8 Å². The first-order valence-corrected chi connectivity index (χ1v) is 23.3. The second-order valence-electron chi connectivity index (χ2n) is 19.1. The summed E-state index contributed by atoms with van der Waals surface area (Å²) in [4.78, 5) is 2.51. The van der Waals surface area contributed by atoms with Crippen molar-refractivity contribution < 1.29 is 0 Å². The number of para-hydroxylation sites is 2. The van der Waals surface area contributed by atoms with E-state index in [-0.39, 0.29) is 5.41 Å². The first kappa shape index (κ1) is 37.4. The van der Waals surface area contributed by atoms with Crippen molar-refractivity contribution >= 4 is 17.1 Å². The van der Waals surface area contributed by atoms with Gasteiger partial charge in [0, 0.05) is 22.4 Å². The van der Waals surface area contributed by atoms with Crippen LogP contribution in [0, 0.1) is 0 Å². The van der Waals surface area contributed by atoms with Gasteiger partial charge in [-0.2, -0.15) is 0 Å². The van der Waals surface area contributed by atoms with Crippen molar-refractivity contribution in [3.63, 3.8) is 0 Å². The monoisotopic (exact) mass is 839 g/mol. The maximum atomic E-state index is 2.57. The molecule has 0 saturated heterocycles. The van der Waals surface area contributed by atoms with Crippen LogP contribution in [0.4, 0.5) is 17.1 Å². The lowest BCUT2D eigenvalue weighted by molar-refractivity contribution is 0.633. The molecule has 0 fully saturated rings. The number of benzene rings is 10. The molecule has 0 saturated carbocycles. The predicted octanol–water partition coefficient (Wildman–Crippen LogP) is 16.2. The molecule has 0 atom stereocenters. The third-order valence-corrected chi connectivity index (χ3v) is 15.8. The van der Waals surface area contributed by atoms with Crippen LogP contribution in [0.5, 0.6) is 0 Å². The Morgan fingerprint density at radius 2 is 0.652 bits per heavy atom. The highest BCUT2D eigenvalue weighted by molar-refractivity contribution is 5.96. The van der Waals surface area contributed by atoms with Crippen molar-refractivity contribution in [3.05, 3.63) is 292 Å². The summed E-state index contributed by atoms with van der Waals surface area (Å²) in [5.74, 6) is 0. The van der Waals surface area contributed by atoms with Crippen LogP contribution in [0.25, 0.3) is 44.5 Å². The van der Waals surface area contributed by atoms with Gasteiger partial charge in [0.15, 0.2) is 0 Å². The summed E-state index contributed by atoms with van der Waals surface area (Å²) in [5.41, 5.74) is 25.9. The van der Waals surface area contributed by atoms with E-state index in [1.807, 2.05) is 0 Å². The van der Waals surface area contributed by atoms with Crippen molar-refractivity contribution in [3.8, 4) is 44.5 Å². The minimum absolute atomic E-state index is 0.111. The molecule has 10 aromatic carbocycles. The number of fused-ring (bicyclic) bond motifs is 19. The molecule has 0 N–H and O–H groups in total. The van der Waals surface area contributed by atoms with Gasteiger partial charge in [0.25, 0.3) is 0 Å². The van der Waals surface area contributed by atoms with E-state index in [4.69, 9.17) is 0 Å². The lowest BCUT2D eigenvalue weighted by atomic mass is 9.52. The highest BCUT2D eigenvalue weighted by atomic mass is 15.1. The number of nitrogens with zero attached hydrogens (tertiary/aromatic N) is 1. The normalized spacial score (nSPS) is 15.2. The Hall–Kier alpha value is -8.00. The summed E-state index contributed by atoms with van der Waals surface area (Å²) in [7, 11) is 0. The van der Waals surface area contributed by atoms with Gasteiger partial charge in [-0.15, -0.1) is 0 Å². The van der Waals surface area contributed by atoms with Crippen LogP contribution in [0.3, 0.4) is 0 Å². The number of rotatable bonds is 4. The minimum atomic E-state index is -0.588. The van der Waals surface area contributed by atoms with Gasteiger partial charge in [0.05, 0.1) is 16.5 Å². The minimum Gasteiger partial charge on any atom is -0.310 e. The molecule has 0 unspecified atom stereocenters. The van der Waals surface area contributed by atoms with Crippen LogP contribution in [0.1, 0.15) is 69.5 Å². The molecule has 2 spiro atoms. The zero-order valence-electron chi connectivity index (χ0n) is 37.0. The van der Waals surface area contributed by atoms with Crippen molar-refractivity contribution in [2.24, 2.45) is 0 Å². The van der Waals surface area contributed by atoms with Crippen molar-refractivity contribution in [2.75, 3.05) is 4.90 Å². The number of hydrogen-bond acceptors (Lipinski definition) is 1. The van der Waals surface area contributed by atoms with E-state index in [1.165, 1.54) is 100 Å². The quantitative estimate of drug-likeness (QED) is 0.171. The van der Waals surface area contributed by atoms with E-state index in [2.05, 4.69) is 255 Å². The third-order valence-electron chi connectivity index (χ3n) is 15.8. The van der Waals surface area contributed by atoms with E-state index in [9.17, 15) is 0 Å². The standard InChI is InChI=1S/C65H45N/c1-63(2)52-28-12-6-23-46(52)51-38-36-42(40-60(51)63)45-22-11-19-35-62(45)66(43-20-4-3-5-21-43)44-37-39-59-61(41-44)65(55-31-15-9-26-49(55)50-27-10-16-32-56(50)65)58-34-18-17-33-57(58)64(59)53-29-13-7-24-47(53)48-25-8-14-30-54(48)64/h3-41H,1-2H3. The maximum absolute atomic E-state index is 2.57. The van der Waals surface area contributed by atoms with E-state index in [0.717, 1.165) is 17.1 Å². The molecule has 1 nitrogen and oxygen atoms in total. The molecule has 310 valence electrons. The summed E-state index contributed by atoms with van der Waals surface area (Å²) < 4.78 is 0. The topological polar surface area (TPSA) is 3.24 Å². The number of anilines is 3. The molecule has 4 aliphatic rings. The highest BCUT2D eigenvalue weighted by Gasteiger charge is 2.59. The smallest absolute Gasteiger partial charge is 0.0720 e. The summed E-state index contributed by atoms with van der Waals surface area (Å²) >= 11 is 0. The molecular formula is C65H45N. The second kappa shape index (κ2) is 13.5. The fourth-order valence-electron chi connectivity index (χ4n) is 13.2. The molecule has 0 radical (unpaired) electrons. The Morgan fingerprint density at radius 1 is 0.258 bits per heavy atom. The average molecular weight is 840 g/mol. The average Bonchev–Trinajstić information content (AvgIpc) is 3.93. The lowest BCUT2D eigenvalue weighted by Gasteiger charge is -2.49. The number of hydrogen-bond donors (Lipinski definition) is 0. The zero-order valence-corrected chi connectivity index (χ0v) is 37.0. The van der Waals surface area contributed by atoms with Gasteiger partial charge < -0.3 is 4.90 Å². The SMILES string of the molecule is CC1(C)c2ccccc2-c2ccc(-c3ccccc3N(c3ccccc3)c3ccc4c(c3)C3(c5ccccc5-c5ccccc53)c3ccccc3C43c4ccccc4-c4ccccc43)cc21. The molecule has 0 bridgehead atoms.